The number of rotatable bonds is 5. The Labute approximate surface area is 182 Å². The molecule has 2 heterocycles. The van der Waals surface area contributed by atoms with Gasteiger partial charge in [-0.2, -0.15) is 0 Å². The molecular formula is C25H20N2O3S. The summed E-state index contributed by atoms with van der Waals surface area (Å²) in [6, 6.07) is 23.4. The standard InChI is InChI=1S/C25H20N2O3S/c1-16(18-8-4-3-5-9-18)30-21-13-12-17(14-22(21)29-2)15-23-24(28)27-20-11-7-6-10-19(20)26-25(27)31-23/h3-16H,1-2H3/b23-15-. The van der Waals surface area contributed by atoms with Crippen LogP contribution in [0.3, 0.4) is 0 Å². The van der Waals surface area contributed by atoms with Gasteiger partial charge in [-0.15, -0.1) is 0 Å². The predicted molar refractivity (Wildman–Crippen MR) is 124 cm³/mol. The molecule has 0 aliphatic rings. The van der Waals surface area contributed by atoms with Crippen LogP contribution in [0.15, 0.2) is 77.6 Å². The quantitative estimate of drug-likeness (QED) is 0.410. The molecule has 5 aromatic rings. The van der Waals surface area contributed by atoms with Crippen molar-refractivity contribution < 1.29 is 9.47 Å². The number of thiazole rings is 1. The molecule has 0 amide bonds. The van der Waals surface area contributed by atoms with Crippen LogP contribution in [0.1, 0.15) is 24.2 Å². The minimum absolute atomic E-state index is 0.0642. The summed E-state index contributed by atoms with van der Waals surface area (Å²) in [6.07, 6.45) is 1.75. The van der Waals surface area contributed by atoms with Gasteiger partial charge in [-0.25, -0.2) is 9.38 Å². The molecule has 31 heavy (non-hydrogen) atoms. The molecule has 154 valence electrons. The molecular weight excluding hydrogens is 408 g/mol. The summed E-state index contributed by atoms with van der Waals surface area (Å²) in [5.74, 6) is 1.28. The lowest BCUT2D eigenvalue weighted by molar-refractivity contribution is 0.216. The lowest BCUT2D eigenvalue weighted by Crippen LogP contribution is -2.22. The summed E-state index contributed by atoms with van der Waals surface area (Å²) in [6.45, 7) is 2.00. The summed E-state index contributed by atoms with van der Waals surface area (Å²) in [5, 5.41) is 0. The van der Waals surface area contributed by atoms with Crippen LogP contribution in [-0.2, 0) is 0 Å². The molecule has 2 aromatic heterocycles. The Morgan fingerprint density at radius 1 is 1.00 bits per heavy atom. The second kappa shape index (κ2) is 7.89. The lowest BCUT2D eigenvalue weighted by atomic mass is 10.1. The van der Waals surface area contributed by atoms with Gasteiger partial charge >= 0.3 is 0 Å². The Morgan fingerprint density at radius 2 is 1.77 bits per heavy atom. The molecule has 0 aliphatic carbocycles. The van der Waals surface area contributed by atoms with E-state index in [1.165, 1.54) is 11.3 Å². The van der Waals surface area contributed by atoms with Crippen molar-refractivity contribution in [1.29, 1.82) is 0 Å². The van der Waals surface area contributed by atoms with Crippen LogP contribution in [0.4, 0.5) is 0 Å². The second-order valence-electron chi connectivity index (χ2n) is 7.22. The van der Waals surface area contributed by atoms with Crippen molar-refractivity contribution in [3.63, 3.8) is 0 Å². The minimum atomic E-state index is -0.114. The summed E-state index contributed by atoms with van der Waals surface area (Å²) >= 11 is 1.38. The molecule has 6 heteroatoms. The van der Waals surface area contributed by atoms with E-state index in [4.69, 9.17) is 9.47 Å². The first kappa shape index (κ1) is 19.3. The van der Waals surface area contributed by atoms with Crippen LogP contribution in [-0.4, -0.2) is 16.5 Å². The van der Waals surface area contributed by atoms with E-state index in [-0.39, 0.29) is 11.7 Å². The van der Waals surface area contributed by atoms with Crippen molar-refractivity contribution in [2.45, 2.75) is 13.0 Å². The Kier molecular flexibility index (Phi) is 4.92. The second-order valence-corrected chi connectivity index (χ2v) is 8.22. The number of hydrogen-bond acceptors (Lipinski definition) is 5. The molecule has 0 saturated heterocycles. The van der Waals surface area contributed by atoms with Crippen LogP contribution in [0.5, 0.6) is 11.5 Å². The van der Waals surface area contributed by atoms with Gasteiger partial charge in [-0.05, 0) is 48.4 Å². The monoisotopic (exact) mass is 428 g/mol. The number of nitrogens with zero attached hydrogens (tertiary/aromatic N) is 2. The summed E-state index contributed by atoms with van der Waals surface area (Å²) in [4.78, 5) is 18.2. The van der Waals surface area contributed by atoms with E-state index >= 15 is 0 Å². The lowest BCUT2D eigenvalue weighted by Gasteiger charge is -2.17. The molecule has 0 bridgehead atoms. The minimum Gasteiger partial charge on any atom is -0.493 e. The summed E-state index contributed by atoms with van der Waals surface area (Å²) in [7, 11) is 1.61. The molecule has 5 rings (SSSR count). The number of hydrogen-bond donors (Lipinski definition) is 0. The average Bonchev–Trinajstić information content (AvgIpc) is 3.31. The third-order valence-corrected chi connectivity index (χ3v) is 6.17. The molecule has 0 aliphatic heterocycles. The van der Waals surface area contributed by atoms with E-state index in [0.717, 1.165) is 22.2 Å². The van der Waals surface area contributed by atoms with Crippen LogP contribution < -0.4 is 19.6 Å². The molecule has 1 unspecified atom stereocenters. The topological polar surface area (TPSA) is 52.8 Å². The third-order valence-electron chi connectivity index (χ3n) is 5.20. The number of imidazole rings is 1. The van der Waals surface area contributed by atoms with Gasteiger partial charge in [0.15, 0.2) is 16.5 Å². The first-order valence-corrected chi connectivity index (χ1v) is 10.8. The van der Waals surface area contributed by atoms with Gasteiger partial charge in [0.1, 0.15) is 6.10 Å². The highest BCUT2D eigenvalue weighted by molar-refractivity contribution is 7.15. The van der Waals surface area contributed by atoms with Gasteiger partial charge in [-0.1, -0.05) is 59.9 Å². The number of aromatic nitrogens is 2. The maximum atomic E-state index is 13.0. The Balaban J connectivity index is 1.50. The van der Waals surface area contributed by atoms with Gasteiger partial charge in [0.2, 0.25) is 0 Å². The molecule has 3 aromatic carbocycles. The molecule has 0 spiro atoms. The Hall–Kier alpha value is -3.64. The number of para-hydroxylation sites is 2. The van der Waals surface area contributed by atoms with Crippen molar-refractivity contribution in [3.05, 3.63) is 98.8 Å². The third kappa shape index (κ3) is 3.55. The maximum absolute atomic E-state index is 13.0. The smallest absolute Gasteiger partial charge is 0.274 e. The molecule has 0 N–H and O–H groups in total. The largest absolute Gasteiger partial charge is 0.493 e. The van der Waals surface area contributed by atoms with E-state index in [9.17, 15) is 4.79 Å². The molecule has 1 atom stereocenters. The van der Waals surface area contributed by atoms with Gasteiger partial charge in [0.05, 0.1) is 22.7 Å². The van der Waals surface area contributed by atoms with Gasteiger partial charge < -0.3 is 9.47 Å². The van der Waals surface area contributed by atoms with Crippen molar-refractivity contribution in [3.8, 4) is 11.5 Å². The van der Waals surface area contributed by atoms with Crippen molar-refractivity contribution in [2.24, 2.45) is 0 Å². The Morgan fingerprint density at radius 3 is 2.58 bits per heavy atom. The van der Waals surface area contributed by atoms with E-state index < -0.39 is 0 Å². The fourth-order valence-corrected chi connectivity index (χ4v) is 4.60. The highest BCUT2D eigenvalue weighted by atomic mass is 32.1. The van der Waals surface area contributed by atoms with Crippen LogP contribution >= 0.6 is 11.3 Å². The van der Waals surface area contributed by atoms with Crippen LogP contribution in [0, 0.1) is 0 Å². The first-order valence-electron chi connectivity index (χ1n) is 9.95. The molecule has 0 saturated carbocycles. The fraction of sp³-hybridized carbons (Fsp3) is 0.120. The van der Waals surface area contributed by atoms with Gasteiger partial charge in [0.25, 0.3) is 5.56 Å². The van der Waals surface area contributed by atoms with E-state index in [1.54, 1.807) is 11.5 Å². The maximum Gasteiger partial charge on any atom is 0.274 e. The van der Waals surface area contributed by atoms with Crippen LogP contribution in [0.2, 0.25) is 0 Å². The van der Waals surface area contributed by atoms with E-state index in [1.807, 2.05) is 85.8 Å². The van der Waals surface area contributed by atoms with Crippen molar-refractivity contribution >= 4 is 33.4 Å². The van der Waals surface area contributed by atoms with Gasteiger partial charge in [-0.3, -0.25) is 4.79 Å². The summed E-state index contributed by atoms with van der Waals surface area (Å²) < 4.78 is 14.0. The highest BCUT2D eigenvalue weighted by Gasteiger charge is 2.13. The SMILES string of the molecule is COc1cc(/C=c2\sc3nc4ccccc4n3c2=O)ccc1OC(C)c1ccccc1. The fourth-order valence-electron chi connectivity index (χ4n) is 3.62. The van der Waals surface area contributed by atoms with Gasteiger partial charge in [0, 0.05) is 0 Å². The zero-order valence-electron chi connectivity index (χ0n) is 17.1. The highest BCUT2D eigenvalue weighted by Crippen LogP contribution is 2.32. The molecule has 0 radical (unpaired) electrons. The molecule has 0 fully saturated rings. The van der Waals surface area contributed by atoms with Crippen molar-refractivity contribution in [2.75, 3.05) is 7.11 Å². The van der Waals surface area contributed by atoms with E-state index in [2.05, 4.69) is 4.98 Å². The average molecular weight is 429 g/mol. The first-order chi connectivity index (χ1) is 15.1. The number of benzene rings is 3. The molecule has 5 nitrogen and oxygen atoms in total. The number of ether oxygens (including phenoxy) is 2. The van der Waals surface area contributed by atoms with Crippen LogP contribution in [0.25, 0.3) is 22.1 Å². The predicted octanol–water partition coefficient (Wildman–Crippen LogP) is 4.61. The van der Waals surface area contributed by atoms with E-state index in [0.29, 0.717) is 21.0 Å². The van der Waals surface area contributed by atoms with Crippen molar-refractivity contribution in [1.82, 2.24) is 9.38 Å². The number of methoxy groups -OCH3 is 1. The zero-order valence-corrected chi connectivity index (χ0v) is 17.9. The normalized spacial score (nSPS) is 13.0. The summed E-state index contributed by atoms with van der Waals surface area (Å²) in [5.41, 5.74) is 3.54. The Bertz CT molecular complexity index is 1490. The number of fused-ring (bicyclic) bond motifs is 3. The zero-order chi connectivity index (χ0) is 21.4.